The molecule has 4 nitrogen and oxygen atoms in total. The Morgan fingerprint density at radius 2 is 2.25 bits per heavy atom. The molecular weight excluding hydrogens is 222 g/mol. The Kier molecular flexibility index (Phi) is 4.30. The highest BCUT2D eigenvalue weighted by Gasteiger charge is 2.01. The molecule has 3 N–H and O–H groups in total. The van der Waals surface area contributed by atoms with Crippen molar-refractivity contribution >= 4 is 22.9 Å². The summed E-state index contributed by atoms with van der Waals surface area (Å²) >= 11 is 4.71. The van der Waals surface area contributed by atoms with E-state index in [1.165, 1.54) is 6.20 Å². The van der Waals surface area contributed by atoms with Crippen molar-refractivity contribution in [3.8, 4) is 11.8 Å². The summed E-state index contributed by atoms with van der Waals surface area (Å²) in [6.45, 7) is 0. The fourth-order valence-electron chi connectivity index (χ4n) is 1.07. The third-order valence-electron chi connectivity index (χ3n) is 1.86. The highest BCUT2D eigenvalue weighted by molar-refractivity contribution is 7.80. The van der Waals surface area contributed by atoms with Gasteiger partial charge in [-0.1, -0.05) is 24.4 Å². The maximum Gasteiger partial charge on any atom is 0.142 e. The molecule has 82 valence electrons. The third kappa shape index (κ3) is 2.97. The molecule has 5 heteroatoms. The fourth-order valence-corrected chi connectivity index (χ4v) is 1.18. The number of anilines is 1. The van der Waals surface area contributed by atoms with Gasteiger partial charge in [0, 0.05) is 6.20 Å². The molecule has 0 amide bonds. The minimum absolute atomic E-state index is 0.0601. The van der Waals surface area contributed by atoms with Gasteiger partial charge in [0.25, 0.3) is 0 Å². The molecule has 0 aliphatic heterocycles. The van der Waals surface area contributed by atoms with Gasteiger partial charge in [0.1, 0.15) is 22.4 Å². The van der Waals surface area contributed by atoms with E-state index in [1.807, 2.05) is 30.3 Å². The quantitative estimate of drug-likeness (QED) is 0.471. The lowest BCUT2D eigenvalue weighted by atomic mass is 10.3. The Labute approximate surface area is 99.3 Å². The molecule has 0 aliphatic carbocycles. The summed E-state index contributed by atoms with van der Waals surface area (Å²) in [7, 11) is 1.57. The predicted octanol–water partition coefficient (Wildman–Crippen LogP) is 1.80. The molecular formula is C11H11N3OS. The standard InChI is InChI=1S/C11H11N3OS/c1-15-10-5-3-2-4-9(10)14-7-8(6-12)11(13)16/h2-5,7,14H,1H3,(H2,13,16). The van der Waals surface area contributed by atoms with E-state index in [0.717, 1.165) is 5.69 Å². The Morgan fingerprint density at radius 1 is 1.56 bits per heavy atom. The van der Waals surface area contributed by atoms with E-state index in [1.54, 1.807) is 7.11 Å². The molecule has 16 heavy (non-hydrogen) atoms. The van der Waals surface area contributed by atoms with Crippen molar-refractivity contribution in [2.75, 3.05) is 12.4 Å². The van der Waals surface area contributed by atoms with Gasteiger partial charge in [0.2, 0.25) is 0 Å². The van der Waals surface area contributed by atoms with E-state index in [0.29, 0.717) is 5.75 Å². The van der Waals surface area contributed by atoms with Crippen molar-refractivity contribution < 1.29 is 4.74 Å². The highest BCUT2D eigenvalue weighted by Crippen LogP contribution is 2.23. The zero-order valence-electron chi connectivity index (χ0n) is 8.73. The normalized spacial score (nSPS) is 10.4. The lowest BCUT2D eigenvalue weighted by molar-refractivity contribution is 0.417. The van der Waals surface area contributed by atoms with Gasteiger partial charge in [-0.15, -0.1) is 0 Å². The van der Waals surface area contributed by atoms with E-state index >= 15 is 0 Å². The summed E-state index contributed by atoms with van der Waals surface area (Å²) in [5, 5.41) is 11.7. The van der Waals surface area contributed by atoms with Crippen LogP contribution in [0.15, 0.2) is 36.0 Å². The first kappa shape index (κ1) is 12.0. The lowest BCUT2D eigenvalue weighted by Gasteiger charge is -2.07. The average Bonchev–Trinajstić information content (AvgIpc) is 2.30. The van der Waals surface area contributed by atoms with Crippen molar-refractivity contribution in [3.05, 3.63) is 36.0 Å². The van der Waals surface area contributed by atoms with E-state index < -0.39 is 0 Å². The second-order valence-electron chi connectivity index (χ2n) is 2.88. The first-order valence-corrected chi connectivity index (χ1v) is 4.89. The van der Waals surface area contributed by atoms with Gasteiger partial charge in [-0.05, 0) is 12.1 Å². The Bertz CT molecular complexity index is 463. The molecule has 1 rings (SSSR count). The van der Waals surface area contributed by atoms with Crippen molar-refractivity contribution in [3.63, 3.8) is 0 Å². The summed E-state index contributed by atoms with van der Waals surface area (Å²) in [4.78, 5) is 0.0601. The summed E-state index contributed by atoms with van der Waals surface area (Å²) in [6, 6.07) is 9.24. The zero-order valence-corrected chi connectivity index (χ0v) is 9.54. The number of rotatable bonds is 4. The summed E-state index contributed by atoms with van der Waals surface area (Å²) in [5.41, 5.74) is 6.32. The number of methoxy groups -OCH3 is 1. The second kappa shape index (κ2) is 5.73. The fraction of sp³-hybridized carbons (Fsp3) is 0.0909. The number of para-hydroxylation sites is 2. The zero-order chi connectivity index (χ0) is 12.0. The molecule has 1 aromatic rings. The van der Waals surface area contributed by atoms with E-state index in [-0.39, 0.29) is 10.6 Å². The highest BCUT2D eigenvalue weighted by atomic mass is 32.1. The first-order chi connectivity index (χ1) is 7.69. The number of benzene rings is 1. The molecule has 0 saturated carbocycles. The molecule has 0 aromatic heterocycles. The van der Waals surface area contributed by atoms with Gasteiger partial charge in [-0.2, -0.15) is 5.26 Å². The first-order valence-electron chi connectivity index (χ1n) is 4.48. The molecule has 0 fully saturated rings. The van der Waals surface area contributed by atoms with E-state index in [4.69, 9.17) is 28.0 Å². The van der Waals surface area contributed by atoms with Gasteiger partial charge in [0.15, 0.2) is 0 Å². The van der Waals surface area contributed by atoms with Crippen LogP contribution in [0.2, 0.25) is 0 Å². The van der Waals surface area contributed by atoms with Crippen molar-refractivity contribution in [2.45, 2.75) is 0 Å². The Morgan fingerprint density at radius 3 is 2.81 bits per heavy atom. The maximum atomic E-state index is 8.74. The van der Waals surface area contributed by atoms with Gasteiger partial charge >= 0.3 is 0 Å². The number of nitrogens with two attached hydrogens (primary N) is 1. The number of hydrogen-bond donors (Lipinski definition) is 2. The van der Waals surface area contributed by atoms with Gasteiger partial charge < -0.3 is 15.8 Å². The predicted molar refractivity (Wildman–Crippen MR) is 67.1 cm³/mol. The van der Waals surface area contributed by atoms with Gasteiger partial charge in [0.05, 0.1) is 12.8 Å². The number of nitriles is 1. The van der Waals surface area contributed by atoms with Crippen LogP contribution in [-0.4, -0.2) is 12.1 Å². The Balaban J connectivity index is 2.89. The maximum absolute atomic E-state index is 8.74. The molecule has 0 bridgehead atoms. The van der Waals surface area contributed by atoms with Gasteiger partial charge in [-0.3, -0.25) is 0 Å². The molecule has 1 aromatic carbocycles. The van der Waals surface area contributed by atoms with Crippen LogP contribution in [0.3, 0.4) is 0 Å². The molecule has 0 heterocycles. The molecule has 0 aliphatic rings. The largest absolute Gasteiger partial charge is 0.495 e. The lowest BCUT2D eigenvalue weighted by Crippen LogP contribution is -2.11. The van der Waals surface area contributed by atoms with Crippen molar-refractivity contribution in [2.24, 2.45) is 5.73 Å². The second-order valence-corrected chi connectivity index (χ2v) is 3.32. The van der Waals surface area contributed by atoms with Crippen LogP contribution >= 0.6 is 12.2 Å². The van der Waals surface area contributed by atoms with Crippen LogP contribution < -0.4 is 15.8 Å². The van der Waals surface area contributed by atoms with Gasteiger partial charge in [-0.25, -0.2) is 0 Å². The average molecular weight is 233 g/mol. The minimum Gasteiger partial charge on any atom is -0.495 e. The van der Waals surface area contributed by atoms with Crippen LogP contribution in [0.4, 0.5) is 5.69 Å². The van der Waals surface area contributed by atoms with Crippen LogP contribution in [0.1, 0.15) is 0 Å². The van der Waals surface area contributed by atoms with E-state index in [9.17, 15) is 0 Å². The summed E-state index contributed by atoms with van der Waals surface area (Å²) in [6.07, 6.45) is 1.46. The van der Waals surface area contributed by atoms with Crippen LogP contribution in [0.5, 0.6) is 5.75 Å². The molecule has 0 spiro atoms. The number of ether oxygens (including phenoxy) is 1. The van der Waals surface area contributed by atoms with Crippen molar-refractivity contribution in [1.82, 2.24) is 0 Å². The molecule has 0 saturated heterocycles. The van der Waals surface area contributed by atoms with Crippen LogP contribution in [0, 0.1) is 11.3 Å². The van der Waals surface area contributed by atoms with Crippen molar-refractivity contribution in [1.29, 1.82) is 5.26 Å². The number of thiocarbonyl (C=S) groups is 1. The Hall–Kier alpha value is -2.06. The number of nitrogens with zero attached hydrogens (tertiary/aromatic N) is 1. The topological polar surface area (TPSA) is 71.1 Å². The molecule has 0 radical (unpaired) electrons. The number of nitrogens with one attached hydrogen (secondary N) is 1. The molecule has 0 atom stereocenters. The third-order valence-corrected chi connectivity index (χ3v) is 2.08. The monoisotopic (exact) mass is 233 g/mol. The SMILES string of the molecule is COc1ccccc1NC=C(C#N)C(N)=S. The minimum atomic E-state index is 0.0601. The van der Waals surface area contributed by atoms with Crippen LogP contribution in [-0.2, 0) is 0 Å². The number of hydrogen-bond acceptors (Lipinski definition) is 4. The van der Waals surface area contributed by atoms with Crippen LogP contribution in [0.25, 0.3) is 0 Å². The summed E-state index contributed by atoms with van der Waals surface area (Å²) < 4.78 is 5.13. The van der Waals surface area contributed by atoms with E-state index in [2.05, 4.69) is 5.32 Å². The smallest absolute Gasteiger partial charge is 0.142 e. The summed E-state index contributed by atoms with van der Waals surface area (Å²) in [5.74, 6) is 0.680. The molecule has 0 unspecified atom stereocenters.